The zero-order valence-corrected chi connectivity index (χ0v) is 13.5. The molecule has 0 amide bonds. The average molecular weight is 288 g/mol. The first-order valence-electron chi connectivity index (χ1n) is 8.27. The highest BCUT2D eigenvalue weighted by Gasteiger charge is 2.36. The van der Waals surface area contributed by atoms with Gasteiger partial charge in [-0.2, -0.15) is 0 Å². The van der Waals surface area contributed by atoms with E-state index >= 15 is 0 Å². The van der Waals surface area contributed by atoms with Crippen LogP contribution in [0.1, 0.15) is 38.2 Å². The summed E-state index contributed by atoms with van der Waals surface area (Å²) in [4.78, 5) is 2.60. The maximum atomic E-state index is 5.49. The van der Waals surface area contributed by atoms with Crippen LogP contribution in [0, 0.1) is 0 Å². The molecule has 2 aliphatic rings. The van der Waals surface area contributed by atoms with Gasteiger partial charge in [0.1, 0.15) is 5.75 Å². The third-order valence-electron chi connectivity index (χ3n) is 5.43. The summed E-state index contributed by atoms with van der Waals surface area (Å²) in [5.74, 6) is 1.02. The number of fused-ring (bicyclic) bond motifs is 2. The summed E-state index contributed by atoms with van der Waals surface area (Å²) in [6, 6.07) is 11.2. The fourth-order valence-corrected chi connectivity index (χ4v) is 4.05. The number of benzene rings is 1. The van der Waals surface area contributed by atoms with E-state index in [2.05, 4.69) is 42.4 Å². The van der Waals surface area contributed by atoms with Gasteiger partial charge in [0.2, 0.25) is 0 Å². The molecule has 1 aromatic carbocycles. The van der Waals surface area contributed by atoms with Crippen LogP contribution in [-0.2, 0) is 6.42 Å². The van der Waals surface area contributed by atoms with E-state index < -0.39 is 0 Å². The molecule has 0 radical (unpaired) electrons. The maximum Gasteiger partial charge on any atom is 0.122 e. The topological polar surface area (TPSA) is 24.5 Å². The van der Waals surface area contributed by atoms with Gasteiger partial charge in [0.05, 0.1) is 7.11 Å². The molecule has 21 heavy (non-hydrogen) atoms. The quantitative estimate of drug-likeness (QED) is 0.901. The van der Waals surface area contributed by atoms with E-state index in [-0.39, 0.29) is 0 Å². The molecule has 3 rings (SSSR count). The van der Waals surface area contributed by atoms with Crippen LogP contribution in [0.4, 0.5) is 0 Å². The molecular weight excluding hydrogens is 260 g/mol. The Balaban J connectivity index is 1.63. The van der Waals surface area contributed by atoms with Crippen molar-refractivity contribution >= 4 is 0 Å². The highest BCUT2D eigenvalue weighted by Crippen LogP contribution is 2.31. The van der Waals surface area contributed by atoms with E-state index in [9.17, 15) is 0 Å². The number of likely N-dealkylation sites (N-methyl/N-ethyl adjacent to an activating group) is 1. The Kier molecular flexibility index (Phi) is 4.51. The first kappa shape index (κ1) is 14.9. The van der Waals surface area contributed by atoms with E-state index in [1.165, 1.54) is 31.2 Å². The maximum absolute atomic E-state index is 5.49. The monoisotopic (exact) mass is 288 g/mol. The van der Waals surface area contributed by atoms with Crippen molar-refractivity contribution < 1.29 is 4.74 Å². The molecule has 0 spiro atoms. The van der Waals surface area contributed by atoms with Crippen LogP contribution in [-0.4, -0.2) is 43.2 Å². The van der Waals surface area contributed by atoms with Crippen molar-refractivity contribution in [1.29, 1.82) is 0 Å². The number of hydrogen-bond donors (Lipinski definition) is 1. The number of nitrogens with one attached hydrogen (secondary N) is 1. The summed E-state index contributed by atoms with van der Waals surface area (Å²) in [6.07, 6.45) is 6.41. The summed E-state index contributed by atoms with van der Waals surface area (Å²) in [5, 5.41) is 3.74. The summed E-state index contributed by atoms with van der Waals surface area (Å²) >= 11 is 0. The lowest BCUT2D eigenvalue weighted by Gasteiger charge is -2.39. The Morgan fingerprint density at radius 3 is 2.57 bits per heavy atom. The highest BCUT2D eigenvalue weighted by atomic mass is 16.5. The van der Waals surface area contributed by atoms with Gasteiger partial charge in [-0.3, -0.25) is 0 Å². The first-order valence-corrected chi connectivity index (χ1v) is 8.27. The average Bonchev–Trinajstić information content (AvgIpc) is 2.85. The van der Waals surface area contributed by atoms with Crippen molar-refractivity contribution in [3.8, 4) is 5.75 Å². The minimum Gasteiger partial charge on any atom is -0.496 e. The van der Waals surface area contributed by atoms with Gasteiger partial charge >= 0.3 is 0 Å². The van der Waals surface area contributed by atoms with E-state index in [4.69, 9.17) is 4.74 Å². The van der Waals surface area contributed by atoms with Crippen LogP contribution in [0.5, 0.6) is 5.75 Å². The van der Waals surface area contributed by atoms with Gasteiger partial charge in [-0.15, -0.1) is 0 Å². The van der Waals surface area contributed by atoms with Crippen LogP contribution < -0.4 is 10.1 Å². The number of methoxy groups -OCH3 is 1. The molecule has 0 aliphatic carbocycles. The molecule has 3 atom stereocenters. The van der Waals surface area contributed by atoms with Crippen molar-refractivity contribution in [2.75, 3.05) is 14.2 Å². The summed E-state index contributed by atoms with van der Waals surface area (Å²) in [5.41, 5.74) is 1.32. The molecule has 0 saturated carbocycles. The zero-order chi connectivity index (χ0) is 14.8. The number of rotatable bonds is 5. The zero-order valence-electron chi connectivity index (χ0n) is 13.5. The van der Waals surface area contributed by atoms with Crippen molar-refractivity contribution in [2.45, 2.75) is 63.2 Å². The third kappa shape index (κ3) is 3.24. The Morgan fingerprint density at radius 2 is 1.90 bits per heavy atom. The molecule has 3 nitrogen and oxygen atoms in total. The molecule has 1 aromatic rings. The van der Waals surface area contributed by atoms with Crippen LogP contribution in [0.3, 0.4) is 0 Å². The Labute approximate surface area is 128 Å². The largest absolute Gasteiger partial charge is 0.496 e. The van der Waals surface area contributed by atoms with Crippen LogP contribution in [0.2, 0.25) is 0 Å². The molecule has 2 aliphatic heterocycles. The van der Waals surface area contributed by atoms with Gasteiger partial charge in [0.25, 0.3) is 0 Å². The van der Waals surface area contributed by atoms with E-state index in [1.807, 2.05) is 6.07 Å². The highest BCUT2D eigenvalue weighted by molar-refractivity contribution is 5.33. The van der Waals surface area contributed by atoms with Gasteiger partial charge in [0, 0.05) is 24.2 Å². The summed E-state index contributed by atoms with van der Waals surface area (Å²) in [6.45, 7) is 2.34. The van der Waals surface area contributed by atoms with Gasteiger partial charge in [-0.05, 0) is 57.7 Å². The molecule has 3 unspecified atom stereocenters. The molecule has 3 heteroatoms. The lowest BCUT2D eigenvalue weighted by atomic mass is 9.96. The standard InChI is InChI=1S/C18H28N2O/c1-13(10-14-6-4-5-7-18(14)21-3)20(2)17-11-15-8-9-16(12-17)19-15/h4-7,13,15-17,19H,8-12H2,1-3H3. The van der Waals surface area contributed by atoms with Crippen molar-refractivity contribution in [2.24, 2.45) is 0 Å². The summed E-state index contributed by atoms with van der Waals surface area (Å²) in [7, 11) is 4.06. The molecule has 0 aromatic heterocycles. The second kappa shape index (κ2) is 6.37. The molecule has 2 saturated heterocycles. The first-order chi connectivity index (χ1) is 10.2. The smallest absolute Gasteiger partial charge is 0.122 e. The predicted octanol–water partition coefficient (Wildman–Crippen LogP) is 2.84. The third-order valence-corrected chi connectivity index (χ3v) is 5.43. The van der Waals surface area contributed by atoms with Crippen LogP contribution in [0.15, 0.2) is 24.3 Å². The van der Waals surface area contributed by atoms with Gasteiger partial charge in [0.15, 0.2) is 0 Å². The molecule has 1 N–H and O–H groups in total. The Hall–Kier alpha value is -1.06. The number of piperidine rings is 1. The molecule has 116 valence electrons. The number of nitrogens with zero attached hydrogens (tertiary/aromatic N) is 1. The number of ether oxygens (including phenoxy) is 1. The van der Waals surface area contributed by atoms with Crippen molar-refractivity contribution in [3.63, 3.8) is 0 Å². The second-order valence-corrected chi connectivity index (χ2v) is 6.79. The van der Waals surface area contributed by atoms with Gasteiger partial charge in [-0.25, -0.2) is 0 Å². The fraction of sp³-hybridized carbons (Fsp3) is 0.667. The summed E-state index contributed by atoms with van der Waals surface area (Å²) < 4.78 is 5.49. The second-order valence-electron chi connectivity index (χ2n) is 6.79. The molecule has 2 bridgehead atoms. The molecule has 2 heterocycles. The minimum absolute atomic E-state index is 0.545. The normalized spacial score (nSPS) is 29.6. The van der Waals surface area contributed by atoms with E-state index in [0.717, 1.165) is 30.3 Å². The molecule has 2 fully saturated rings. The molecular formula is C18H28N2O. The van der Waals surface area contributed by atoms with E-state index in [1.54, 1.807) is 7.11 Å². The van der Waals surface area contributed by atoms with E-state index in [0.29, 0.717) is 6.04 Å². The SMILES string of the molecule is COc1ccccc1CC(C)N(C)C1CC2CCC(C1)N2. The van der Waals surface area contributed by atoms with Crippen molar-refractivity contribution in [3.05, 3.63) is 29.8 Å². The lowest BCUT2D eigenvalue weighted by Crippen LogP contribution is -2.49. The minimum atomic E-state index is 0.545. The number of para-hydroxylation sites is 1. The van der Waals surface area contributed by atoms with Crippen molar-refractivity contribution in [1.82, 2.24) is 10.2 Å². The fourth-order valence-electron chi connectivity index (χ4n) is 4.05. The van der Waals surface area contributed by atoms with Crippen LogP contribution in [0.25, 0.3) is 0 Å². The van der Waals surface area contributed by atoms with Gasteiger partial charge < -0.3 is 15.0 Å². The van der Waals surface area contributed by atoms with Crippen LogP contribution >= 0.6 is 0 Å². The Bertz CT molecular complexity index is 464. The Morgan fingerprint density at radius 1 is 1.24 bits per heavy atom. The van der Waals surface area contributed by atoms with Gasteiger partial charge in [-0.1, -0.05) is 18.2 Å². The lowest BCUT2D eigenvalue weighted by molar-refractivity contribution is 0.131. The predicted molar refractivity (Wildman–Crippen MR) is 86.9 cm³/mol. The number of hydrogen-bond acceptors (Lipinski definition) is 3.